The summed E-state index contributed by atoms with van der Waals surface area (Å²) in [4.78, 5) is 1.56. The van der Waals surface area contributed by atoms with Crippen molar-refractivity contribution in [2.24, 2.45) is 0 Å². The summed E-state index contributed by atoms with van der Waals surface area (Å²) in [7, 11) is 0. The maximum Gasteiger partial charge on any atom is 2.00 e. The third kappa shape index (κ3) is 12.2. The fourth-order valence-corrected chi connectivity index (χ4v) is 0.510. The first-order valence-corrected chi connectivity index (χ1v) is 3.62. The van der Waals surface area contributed by atoms with Gasteiger partial charge in [0, 0.05) is 13.2 Å². The number of hydrogen-bond donors (Lipinski definition) is 0. The van der Waals surface area contributed by atoms with Gasteiger partial charge in [-0.1, -0.05) is 22.5 Å². The van der Waals surface area contributed by atoms with E-state index < -0.39 is 0 Å². The molecule has 0 unspecified atom stereocenters. The van der Waals surface area contributed by atoms with Gasteiger partial charge < -0.3 is 7.59 Å². The Labute approximate surface area is 84.1 Å². The van der Waals surface area contributed by atoms with Crippen molar-refractivity contribution in [3.05, 3.63) is 11.6 Å². The first kappa shape index (κ1) is 12.6. The van der Waals surface area contributed by atoms with Gasteiger partial charge in [0.05, 0.1) is 0 Å². The van der Waals surface area contributed by atoms with Crippen molar-refractivity contribution in [1.82, 2.24) is 0 Å². The van der Waals surface area contributed by atoms with Crippen molar-refractivity contribution in [1.29, 1.82) is 0 Å². The van der Waals surface area contributed by atoms with Crippen LogP contribution < -0.4 is 0 Å². The Hall–Kier alpha value is 0.946. The van der Waals surface area contributed by atoms with Crippen LogP contribution in [-0.4, -0.2) is 36.3 Å². The van der Waals surface area contributed by atoms with Crippen LogP contribution in [0.25, 0.3) is 0 Å². The van der Waals surface area contributed by atoms with Crippen LogP contribution in [0.2, 0.25) is 0 Å². The van der Waals surface area contributed by atoms with Crippen molar-refractivity contribution in [2.75, 3.05) is 13.2 Å². The molecule has 1 saturated heterocycles. The molecule has 0 aromatic carbocycles. The first-order chi connectivity index (χ1) is 3.91. The van der Waals surface area contributed by atoms with E-state index in [-0.39, 0.29) is 25.9 Å². The monoisotopic (exact) mass is 204 g/mol. The smallest absolute Gasteiger partial charge is 1.00 e. The Bertz CT molecular complexity index is 54.9. The van der Waals surface area contributed by atoms with E-state index in [2.05, 4.69) is 22.5 Å². The predicted molar refractivity (Wildman–Crippen MR) is 47.2 cm³/mol. The predicted octanol–water partition coefficient (Wildman–Crippen LogP) is 2.17. The molecule has 0 atom stereocenters. The van der Waals surface area contributed by atoms with Gasteiger partial charge in [0.25, 0.3) is 0 Å². The van der Waals surface area contributed by atoms with Gasteiger partial charge in [0.2, 0.25) is 0 Å². The standard InChI is InChI=1S/C4H8O.C2H3Br.Mg.2H/c1-2-4-5-3-1;1-2-3;;;/h1-4H2;2H,1H2;;;/q;;+2;2*-1. The van der Waals surface area contributed by atoms with Crippen molar-refractivity contribution in [3.8, 4) is 0 Å². The summed E-state index contributed by atoms with van der Waals surface area (Å²) in [6.07, 6.45) is 2.56. The third-order valence-electron chi connectivity index (χ3n) is 0.827. The van der Waals surface area contributed by atoms with Gasteiger partial charge in [-0.25, -0.2) is 0 Å². The second kappa shape index (κ2) is 11.7. The van der Waals surface area contributed by atoms with E-state index in [1.54, 1.807) is 4.99 Å². The molecule has 0 N–H and O–H groups in total. The summed E-state index contributed by atoms with van der Waals surface area (Å²) in [5, 5.41) is 0. The molecule has 0 radical (unpaired) electrons. The Morgan fingerprint density at radius 2 is 1.78 bits per heavy atom. The van der Waals surface area contributed by atoms with Crippen LogP contribution in [0.4, 0.5) is 0 Å². The average Bonchev–Trinajstić information content (AvgIpc) is 2.17. The molecule has 1 aliphatic heterocycles. The molecule has 0 saturated carbocycles. The number of rotatable bonds is 0. The molecular weight excluding hydrogens is 192 g/mol. The Morgan fingerprint density at radius 3 is 1.89 bits per heavy atom. The van der Waals surface area contributed by atoms with Crippen molar-refractivity contribution < 1.29 is 7.59 Å². The Kier molecular flexibility index (Phi) is 16.4. The molecule has 1 fully saturated rings. The van der Waals surface area contributed by atoms with E-state index in [4.69, 9.17) is 4.74 Å². The van der Waals surface area contributed by atoms with Crippen molar-refractivity contribution in [3.63, 3.8) is 0 Å². The van der Waals surface area contributed by atoms with E-state index in [0.717, 1.165) is 13.2 Å². The quantitative estimate of drug-likeness (QED) is 0.551. The zero-order valence-corrected chi connectivity index (χ0v) is 8.61. The zero-order chi connectivity index (χ0) is 6.24. The molecule has 9 heavy (non-hydrogen) atoms. The van der Waals surface area contributed by atoms with Gasteiger partial charge >= 0.3 is 23.1 Å². The van der Waals surface area contributed by atoms with Crippen LogP contribution in [0.3, 0.4) is 0 Å². The molecule has 1 heterocycles. The minimum absolute atomic E-state index is 0. The Morgan fingerprint density at radius 1 is 1.44 bits per heavy atom. The molecule has 0 aromatic heterocycles. The molecule has 1 nitrogen and oxygen atoms in total. The minimum atomic E-state index is 0. The summed E-state index contributed by atoms with van der Waals surface area (Å²) < 4.78 is 4.94. The van der Waals surface area contributed by atoms with E-state index in [1.165, 1.54) is 12.8 Å². The van der Waals surface area contributed by atoms with Crippen LogP contribution in [0.15, 0.2) is 11.6 Å². The summed E-state index contributed by atoms with van der Waals surface area (Å²) in [5.41, 5.74) is 0. The molecule has 0 aromatic rings. The van der Waals surface area contributed by atoms with E-state index >= 15 is 0 Å². The van der Waals surface area contributed by atoms with Gasteiger partial charge in [-0.3, -0.25) is 0 Å². The molecule has 3 heteroatoms. The number of ether oxygens (including phenoxy) is 1. The van der Waals surface area contributed by atoms with Gasteiger partial charge in [0.1, 0.15) is 0 Å². The largest absolute Gasteiger partial charge is 2.00 e. The third-order valence-corrected chi connectivity index (χ3v) is 0.827. The topological polar surface area (TPSA) is 9.23 Å². The van der Waals surface area contributed by atoms with Crippen LogP contribution in [0, 0.1) is 0 Å². The number of halogens is 1. The first-order valence-electron chi connectivity index (χ1n) is 2.70. The number of hydrogen-bond acceptors (Lipinski definition) is 1. The minimum Gasteiger partial charge on any atom is -1.00 e. The van der Waals surface area contributed by atoms with Gasteiger partial charge in [0.15, 0.2) is 0 Å². The SMILES string of the molecule is C1CCOC1.C=CBr.[H-].[H-].[Mg+2]. The van der Waals surface area contributed by atoms with Crippen LogP contribution in [0.5, 0.6) is 0 Å². The zero-order valence-electron chi connectivity index (χ0n) is 7.61. The second-order valence-electron chi connectivity index (χ2n) is 1.47. The average molecular weight is 205 g/mol. The molecule has 1 rings (SSSR count). The molecule has 0 bridgehead atoms. The molecule has 0 aliphatic carbocycles. The fraction of sp³-hybridized carbons (Fsp3) is 0.667. The van der Waals surface area contributed by atoms with Crippen molar-refractivity contribution in [2.45, 2.75) is 12.8 Å². The van der Waals surface area contributed by atoms with E-state index in [0.29, 0.717) is 0 Å². The van der Waals surface area contributed by atoms with Crippen LogP contribution in [0.1, 0.15) is 15.7 Å². The normalized spacial score (nSPS) is 14.8. The van der Waals surface area contributed by atoms with Crippen LogP contribution >= 0.6 is 15.9 Å². The summed E-state index contributed by atoms with van der Waals surface area (Å²) >= 11 is 2.91. The second-order valence-corrected chi connectivity index (χ2v) is 2.12. The van der Waals surface area contributed by atoms with Crippen molar-refractivity contribution >= 4 is 39.0 Å². The maximum atomic E-state index is 4.94. The summed E-state index contributed by atoms with van der Waals surface area (Å²) in [5.74, 6) is 0. The summed E-state index contributed by atoms with van der Waals surface area (Å²) in [6, 6.07) is 0. The Balaban J connectivity index is -0.0000000379. The molecule has 0 amide bonds. The van der Waals surface area contributed by atoms with Gasteiger partial charge in [-0.15, -0.1) is 0 Å². The fourth-order valence-electron chi connectivity index (χ4n) is 0.510. The van der Waals surface area contributed by atoms with E-state index in [1.807, 2.05) is 0 Å². The van der Waals surface area contributed by atoms with Gasteiger partial charge in [-0.2, -0.15) is 0 Å². The van der Waals surface area contributed by atoms with E-state index in [9.17, 15) is 0 Å². The van der Waals surface area contributed by atoms with Gasteiger partial charge in [-0.05, 0) is 17.8 Å². The molecule has 0 spiro atoms. The molecule has 52 valence electrons. The molecular formula is C6H13BrMgO. The summed E-state index contributed by atoms with van der Waals surface area (Å²) in [6.45, 7) is 5.28. The van der Waals surface area contributed by atoms with Crippen LogP contribution in [-0.2, 0) is 4.74 Å². The maximum absolute atomic E-state index is 4.94. The molecule has 1 aliphatic rings.